The highest BCUT2D eigenvalue weighted by Gasteiger charge is 2.42. The van der Waals surface area contributed by atoms with Gasteiger partial charge in [-0.25, -0.2) is 14.4 Å². The van der Waals surface area contributed by atoms with Crippen molar-refractivity contribution < 1.29 is 63.3 Å². The van der Waals surface area contributed by atoms with E-state index in [1.165, 1.54) is 41.3 Å². The van der Waals surface area contributed by atoms with E-state index in [1.807, 2.05) is 0 Å². The number of rotatable bonds is 16. The molecule has 0 aliphatic carbocycles. The molecule has 5 N–H and O–H groups in total. The van der Waals surface area contributed by atoms with E-state index < -0.39 is 41.4 Å². The van der Waals surface area contributed by atoms with Gasteiger partial charge >= 0.3 is 18.2 Å². The Morgan fingerprint density at radius 2 is 1.32 bits per heavy atom. The van der Waals surface area contributed by atoms with Gasteiger partial charge in [-0.05, 0) is 83.4 Å². The van der Waals surface area contributed by atoms with Crippen molar-refractivity contribution >= 4 is 24.1 Å². The number of methoxy groups -OCH3 is 1. The number of aliphatic carboxylic acids is 1. The summed E-state index contributed by atoms with van der Waals surface area (Å²) in [6, 6.07) is 9.36. The molecule has 53 heavy (non-hydrogen) atoms. The number of benzene rings is 2. The van der Waals surface area contributed by atoms with E-state index in [2.05, 4.69) is 5.32 Å². The zero-order valence-corrected chi connectivity index (χ0v) is 31.6. The monoisotopic (exact) mass is 749 g/mol. The number of alkyl carbamates (subject to hydrolysis) is 1. The van der Waals surface area contributed by atoms with Crippen molar-refractivity contribution in [3.05, 3.63) is 59.7 Å². The van der Waals surface area contributed by atoms with Gasteiger partial charge in [0.05, 0.1) is 45.7 Å². The quantitative estimate of drug-likeness (QED) is 0.149. The molecule has 2 aromatic carbocycles. The maximum absolute atomic E-state index is 13.5. The van der Waals surface area contributed by atoms with Crippen LogP contribution in [0.2, 0.25) is 0 Å². The average molecular weight is 750 g/mol. The SMILES string of the molecule is CC(C)(C)OC(=O)NC(C(=O)O)c1ccc(O)cc1.COCCOCCOCCO[C@H]1CCN(C(=O)C(c2ccc(O)cc2)N(C(=O)O)C(C)(C)C)C1. The Kier molecular flexibility index (Phi) is 17.8. The van der Waals surface area contributed by atoms with Crippen molar-refractivity contribution in [2.75, 3.05) is 59.8 Å². The Bertz CT molecular complexity index is 1440. The van der Waals surface area contributed by atoms with E-state index >= 15 is 0 Å². The number of hydrogen-bond acceptors (Lipinski definition) is 11. The van der Waals surface area contributed by atoms with E-state index in [1.54, 1.807) is 65.7 Å². The molecule has 0 spiro atoms. The van der Waals surface area contributed by atoms with Crippen molar-refractivity contribution in [1.29, 1.82) is 0 Å². The van der Waals surface area contributed by atoms with Crippen LogP contribution < -0.4 is 5.32 Å². The van der Waals surface area contributed by atoms with Gasteiger partial charge in [-0.3, -0.25) is 9.69 Å². The van der Waals surface area contributed by atoms with Gasteiger partial charge in [0.2, 0.25) is 5.91 Å². The molecule has 3 rings (SSSR count). The van der Waals surface area contributed by atoms with Crippen molar-refractivity contribution in [3.63, 3.8) is 0 Å². The standard InChI is InChI=1S/C24H38N2O8.C13H17NO5/c1-24(2,3)26(23(29)30)21(18-5-7-19(27)8-6-18)22(28)25-10-9-20(17-25)34-16-15-33-14-13-32-12-11-31-4;1-13(2,3)19-12(18)14-10(11(16)17)8-4-6-9(15)7-5-8/h5-8,20-21,27H,9-17H2,1-4H3,(H,29,30);4-7,10,15H,1-3H3,(H,14,18)(H,16,17)/t20-,21?;/m0./s1. The first kappa shape index (κ1) is 44.5. The van der Waals surface area contributed by atoms with Gasteiger partial charge in [-0.15, -0.1) is 0 Å². The molecule has 0 bridgehead atoms. The van der Waals surface area contributed by atoms with E-state index in [0.29, 0.717) is 70.3 Å². The van der Waals surface area contributed by atoms with Crippen LogP contribution in [0.15, 0.2) is 48.5 Å². The zero-order chi connectivity index (χ0) is 39.8. The predicted octanol–water partition coefficient (Wildman–Crippen LogP) is 4.55. The van der Waals surface area contributed by atoms with Crippen LogP contribution in [0.4, 0.5) is 9.59 Å². The zero-order valence-electron chi connectivity index (χ0n) is 31.6. The minimum absolute atomic E-state index is 0.0187. The van der Waals surface area contributed by atoms with Crippen LogP contribution in [0.3, 0.4) is 0 Å². The maximum atomic E-state index is 13.5. The number of carbonyl (C=O) groups is 4. The second kappa shape index (κ2) is 21.2. The lowest BCUT2D eigenvalue weighted by molar-refractivity contribution is -0.139. The Hall–Kier alpha value is -4.64. The molecule has 2 aromatic rings. The summed E-state index contributed by atoms with van der Waals surface area (Å²) in [5, 5.41) is 40.1. The molecule has 1 heterocycles. The fourth-order valence-electron chi connectivity index (χ4n) is 5.20. The molecule has 2 unspecified atom stereocenters. The van der Waals surface area contributed by atoms with Crippen LogP contribution in [0.25, 0.3) is 0 Å². The third-order valence-corrected chi connectivity index (χ3v) is 7.61. The number of likely N-dealkylation sites (tertiary alicyclic amines) is 1. The largest absolute Gasteiger partial charge is 0.508 e. The summed E-state index contributed by atoms with van der Waals surface area (Å²) in [5.41, 5.74) is -0.673. The number of phenolic OH excluding ortho intramolecular Hbond substituents is 2. The fraction of sp³-hybridized carbons (Fsp3) is 0.568. The molecule has 0 radical (unpaired) electrons. The molecule has 16 heteroatoms. The molecule has 16 nitrogen and oxygen atoms in total. The third-order valence-electron chi connectivity index (χ3n) is 7.61. The van der Waals surface area contributed by atoms with Crippen LogP contribution in [0.5, 0.6) is 11.5 Å². The van der Waals surface area contributed by atoms with Crippen LogP contribution >= 0.6 is 0 Å². The number of ether oxygens (including phenoxy) is 5. The number of nitrogens with one attached hydrogen (secondary N) is 1. The number of phenols is 2. The minimum atomic E-state index is -1.23. The first-order valence-corrected chi connectivity index (χ1v) is 17.2. The summed E-state index contributed by atoms with van der Waals surface area (Å²) >= 11 is 0. The lowest BCUT2D eigenvalue weighted by atomic mass is 9.97. The minimum Gasteiger partial charge on any atom is -0.508 e. The molecule has 0 saturated carbocycles. The molecule has 1 aliphatic rings. The Morgan fingerprint density at radius 1 is 0.811 bits per heavy atom. The van der Waals surface area contributed by atoms with E-state index in [-0.39, 0.29) is 23.5 Å². The molecule has 3 amide bonds. The van der Waals surface area contributed by atoms with Gasteiger partial charge in [-0.2, -0.15) is 0 Å². The summed E-state index contributed by atoms with van der Waals surface area (Å²) < 4.78 is 26.6. The number of hydrogen-bond donors (Lipinski definition) is 5. The summed E-state index contributed by atoms with van der Waals surface area (Å²) in [6.07, 6.45) is -1.47. The number of aromatic hydroxyl groups is 2. The van der Waals surface area contributed by atoms with Crippen molar-refractivity contribution in [1.82, 2.24) is 15.1 Å². The molecular weight excluding hydrogens is 694 g/mol. The van der Waals surface area contributed by atoms with Gasteiger partial charge < -0.3 is 54.3 Å². The summed E-state index contributed by atoms with van der Waals surface area (Å²) in [5.74, 6) is -1.45. The second-order valence-corrected chi connectivity index (χ2v) is 14.1. The summed E-state index contributed by atoms with van der Waals surface area (Å²) in [6.45, 7) is 14.0. The van der Waals surface area contributed by atoms with Crippen LogP contribution in [0, 0.1) is 0 Å². The molecular formula is C37H55N3O13. The van der Waals surface area contributed by atoms with Crippen LogP contribution in [-0.4, -0.2) is 131 Å². The Balaban J connectivity index is 0.000000432. The predicted molar refractivity (Wildman–Crippen MR) is 193 cm³/mol. The molecule has 296 valence electrons. The number of carboxylic acid groups (broad SMARTS) is 2. The number of carbonyl (C=O) groups excluding carboxylic acids is 2. The van der Waals surface area contributed by atoms with Crippen LogP contribution in [-0.2, 0) is 33.3 Å². The summed E-state index contributed by atoms with van der Waals surface area (Å²) in [4.78, 5) is 51.2. The highest BCUT2D eigenvalue weighted by Crippen LogP contribution is 2.32. The second-order valence-electron chi connectivity index (χ2n) is 14.1. The van der Waals surface area contributed by atoms with Gasteiger partial charge in [0.1, 0.15) is 23.1 Å². The fourth-order valence-corrected chi connectivity index (χ4v) is 5.20. The summed E-state index contributed by atoms with van der Waals surface area (Å²) in [7, 11) is 1.62. The van der Waals surface area contributed by atoms with Crippen molar-refractivity contribution in [2.24, 2.45) is 0 Å². The van der Waals surface area contributed by atoms with Gasteiger partial charge in [0, 0.05) is 25.7 Å². The van der Waals surface area contributed by atoms with Gasteiger partial charge in [0.15, 0.2) is 6.04 Å². The van der Waals surface area contributed by atoms with Crippen LogP contribution in [0.1, 0.15) is 71.2 Å². The molecule has 1 saturated heterocycles. The van der Waals surface area contributed by atoms with Crippen molar-refractivity contribution in [2.45, 2.75) is 77.3 Å². The van der Waals surface area contributed by atoms with Crippen molar-refractivity contribution in [3.8, 4) is 11.5 Å². The van der Waals surface area contributed by atoms with E-state index in [4.69, 9.17) is 33.9 Å². The molecule has 1 fully saturated rings. The molecule has 1 aliphatic heterocycles. The lowest BCUT2D eigenvalue weighted by Crippen LogP contribution is -2.52. The maximum Gasteiger partial charge on any atom is 0.408 e. The van der Waals surface area contributed by atoms with E-state index in [0.717, 1.165) is 0 Å². The lowest BCUT2D eigenvalue weighted by Gasteiger charge is -2.40. The normalized spacial score (nSPS) is 15.5. The van der Waals surface area contributed by atoms with E-state index in [9.17, 15) is 29.4 Å². The smallest absolute Gasteiger partial charge is 0.408 e. The Labute approximate surface area is 310 Å². The third kappa shape index (κ3) is 15.9. The topological polar surface area (TPSA) is 214 Å². The number of carboxylic acids is 1. The average Bonchev–Trinajstić information content (AvgIpc) is 3.54. The highest BCUT2D eigenvalue weighted by molar-refractivity contribution is 5.87. The number of nitrogens with zero attached hydrogens (tertiary/aromatic N) is 2. The first-order chi connectivity index (χ1) is 24.8. The molecule has 3 atom stereocenters. The molecule has 0 aromatic heterocycles. The first-order valence-electron chi connectivity index (χ1n) is 17.2. The number of amides is 3. The van der Waals surface area contributed by atoms with Gasteiger partial charge in [-0.1, -0.05) is 24.3 Å². The highest BCUT2D eigenvalue weighted by atomic mass is 16.6. The Morgan fingerprint density at radius 3 is 1.79 bits per heavy atom. The van der Waals surface area contributed by atoms with Gasteiger partial charge in [0.25, 0.3) is 0 Å².